The highest BCUT2D eigenvalue weighted by Gasteiger charge is 2.08. The van der Waals surface area contributed by atoms with Crippen LogP contribution in [0.5, 0.6) is 0 Å². The largest absolute Gasteiger partial charge is 0.382 e. The Kier molecular flexibility index (Phi) is 3.95. The minimum atomic E-state index is -0.278. The Labute approximate surface area is 137 Å². The summed E-state index contributed by atoms with van der Waals surface area (Å²) in [6.45, 7) is 3.46. The van der Waals surface area contributed by atoms with Crippen LogP contribution in [0.2, 0.25) is 5.02 Å². The molecular weight excluding hydrogens is 312 g/mol. The summed E-state index contributed by atoms with van der Waals surface area (Å²) >= 11 is 6.03. The molecule has 2 aromatic heterocycles. The van der Waals surface area contributed by atoms with Gasteiger partial charge in [0.2, 0.25) is 5.91 Å². The molecule has 1 aromatic carbocycles. The van der Waals surface area contributed by atoms with Gasteiger partial charge in [0.15, 0.2) is 0 Å². The summed E-state index contributed by atoms with van der Waals surface area (Å²) < 4.78 is 0. The van der Waals surface area contributed by atoms with E-state index in [2.05, 4.69) is 21.9 Å². The standard InChI is InChI=1S/C17H13ClN4O/c1-2-16(23)22-15-5-6-20-14-4-3-10(7-12(14)15)11-8-13(18)17(19)21-9-11/h2-9H,1H2,(H2,19,21)(H,20,22,23). The lowest BCUT2D eigenvalue weighted by atomic mass is 10.0. The van der Waals surface area contributed by atoms with Crippen molar-refractivity contribution in [1.29, 1.82) is 0 Å². The van der Waals surface area contributed by atoms with Crippen molar-refractivity contribution in [2.75, 3.05) is 11.1 Å². The number of hydrogen-bond acceptors (Lipinski definition) is 4. The van der Waals surface area contributed by atoms with Crippen molar-refractivity contribution in [3.63, 3.8) is 0 Å². The van der Waals surface area contributed by atoms with Crippen LogP contribution in [0.25, 0.3) is 22.0 Å². The molecule has 0 spiro atoms. The van der Waals surface area contributed by atoms with Crippen LogP contribution < -0.4 is 11.1 Å². The zero-order valence-electron chi connectivity index (χ0n) is 12.1. The van der Waals surface area contributed by atoms with E-state index in [0.717, 1.165) is 22.0 Å². The summed E-state index contributed by atoms with van der Waals surface area (Å²) in [7, 11) is 0. The minimum absolute atomic E-state index is 0.278. The lowest BCUT2D eigenvalue weighted by Gasteiger charge is -2.09. The normalized spacial score (nSPS) is 10.5. The van der Waals surface area contributed by atoms with E-state index in [1.807, 2.05) is 18.2 Å². The zero-order chi connectivity index (χ0) is 16.4. The number of nitrogens with two attached hydrogens (primary N) is 1. The Morgan fingerprint density at radius 3 is 2.78 bits per heavy atom. The van der Waals surface area contributed by atoms with Gasteiger partial charge in [-0.25, -0.2) is 4.98 Å². The number of fused-ring (bicyclic) bond motifs is 1. The van der Waals surface area contributed by atoms with Crippen LogP contribution in [0.15, 0.2) is 55.4 Å². The number of carbonyl (C=O) groups is 1. The smallest absolute Gasteiger partial charge is 0.247 e. The van der Waals surface area contributed by atoms with Crippen LogP contribution in [0.4, 0.5) is 11.5 Å². The number of hydrogen-bond donors (Lipinski definition) is 2. The summed E-state index contributed by atoms with van der Waals surface area (Å²) in [5.41, 5.74) is 8.80. The number of pyridine rings is 2. The first-order valence-corrected chi connectivity index (χ1v) is 7.20. The number of amides is 1. The van der Waals surface area contributed by atoms with E-state index in [9.17, 15) is 4.79 Å². The van der Waals surface area contributed by atoms with Gasteiger partial charge in [-0.1, -0.05) is 24.2 Å². The summed E-state index contributed by atoms with van der Waals surface area (Å²) in [5.74, 6) is 0.0110. The van der Waals surface area contributed by atoms with E-state index in [4.69, 9.17) is 17.3 Å². The maximum absolute atomic E-state index is 11.6. The average Bonchev–Trinajstić information content (AvgIpc) is 2.57. The number of nitrogens with zero attached hydrogens (tertiary/aromatic N) is 2. The van der Waals surface area contributed by atoms with Crippen molar-refractivity contribution in [2.24, 2.45) is 0 Å². The molecule has 0 aliphatic rings. The third-order valence-electron chi connectivity index (χ3n) is 3.39. The molecule has 5 nitrogen and oxygen atoms in total. The second-order valence-electron chi connectivity index (χ2n) is 4.87. The second kappa shape index (κ2) is 6.06. The van der Waals surface area contributed by atoms with Gasteiger partial charge in [0.25, 0.3) is 0 Å². The number of anilines is 2. The van der Waals surface area contributed by atoms with Crippen LogP contribution >= 0.6 is 11.6 Å². The predicted octanol–water partition coefficient (Wildman–Crippen LogP) is 3.66. The molecule has 0 saturated carbocycles. The van der Waals surface area contributed by atoms with Crippen molar-refractivity contribution < 1.29 is 4.79 Å². The molecule has 3 N–H and O–H groups in total. The fourth-order valence-electron chi connectivity index (χ4n) is 2.22. The molecule has 114 valence electrons. The fourth-order valence-corrected chi connectivity index (χ4v) is 2.39. The quantitative estimate of drug-likeness (QED) is 0.720. The lowest BCUT2D eigenvalue weighted by molar-refractivity contribution is -0.111. The minimum Gasteiger partial charge on any atom is -0.382 e. The molecule has 0 aliphatic carbocycles. The Morgan fingerprint density at radius 2 is 2.04 bits per heavy atom. The summed E-state index contributed by atoms with van der Waals surface area (Å²) in [5, 5.41) is 3.99. The molecule has 6 heteroatoms. The summed E-state index contributed by atoms with van der Waals surface area (Å²) in [6.07, 6.45) is 4.52. The highest BCUT2D eigenvalue weighted by atomic mass is 35.5. The monoisotopic (exact) mass is 324 g/mol. The molecule has 3 aromatic rings. The van der Waals surface area contributed by atoms with Crippen molar-refractivity contribution in [3.8, 4) is 11.1 Å². The molecule has 0 radical (unpaired) electrons. The van der Waals surface area contributed by atoms with E-state index >= 15 is 0 Å². The molecule has 2 heterocycles. The summed E-state index contributed by atoms with van der Waals surface area (Å²) in [6, 6.07) is 9.20. The summed E-state index contributed by atoms with van der Waals surface area (Å²) in [4.78, 5) is 19.9. The average molecular weight is 325 g/mol. The van der Waals surface area contributed by atoms with Gasteiger partial charge in [0.1, 0.15) is 5.82 Å². The van der Waals surface area contributed by atoms with Gasteiger partial charge in [-0.15, -0.1) is 0 Å². The first kappa shape index (κ1) is 15.0. The number of nitrogens with one attached hydrogen (secondary N) is 1. The van der Waals surface area contributed by atoms with Gasteiger partial charge in [0.05, 0.1) is 16.2 Å². The molecular formula is C17H13ClN4O. The van der Waals surface area contributed by atoms with E-state index in [0.29, 0.717) is 10.7 Å². The number of benzene rings is 1. The fraction of sp³-hybridized carbons (Fsp3) is 0. The second-order valence-corrected chi connectivity index (χ2v) is 5.28. The van der Waals surface area contributed by atoms with Gasteiger partial charge in [0, 0.05) is 23.3 Å². The number of aromatic nitrogens is 2. The topological polar surface area (TPSA) is 80.9 Å². The van der Waals surface area contributed by atoms with E-state index < -0.39 is 0 Å². The van der Waals surface area contributed by atoms with Gasteiger partial charge in [-0.3, -0.25) is 9.78 Å². The van der Waals surface area contributed by atoms with Gasteiger partial charge < -0.3 is 11.1 Å². The Balaban J connectivity index is 2.13. The van der Waals surface area contributed by atoms with E-state index in [1.54, 1.807) is 24.5 Å². The molecule has 1 amide bonds. The van der Waals surface area contributed by atoms with Crippen LogP contribution in [0, 0.1) is 0 Å². The number of rotatable bonds is 3. The number of halogens is 1. The van der Waals surface area contributed by atoms with E-state index in [-0.39, 0.29) is 11.7 Å². The van der Waals surface area contributed by atoms with Crippen LogP contribution in [0.3, 0.4) is 0 Å². The zero-order valence-corrected chi connectivity index (χ0v) is 12.8. The van der Waals surface area contributed by atoms with Crippen molar-refractivity contribution in [1.82, 2.24) is 9.97 Å². The Hall–Kier alpha value is -2.92. The van der Waals surface area contributed by atoms with Crippen LogP contribution in [0.1, 0.15) is 0 Å². The molecule has 0 saturated heterocycles. The first-order chi connectivity index (χ1) is 11.1. The number of nitrogen functional groups attached to an aromatic ring is 1. The molecule has 23 heavy (non-hydrogen) atoms. The molecule has 3 rings (SSSR count). The van der Waals surface area contributed by atoms with Crippen molar-refractivity contribution >= 4 is 39.9 Å². The van der Waals surface area contributed by atoms with Gasteiger partial charge in [-0.05, 0) is 35.9 Å². The van der Waals surface area contributed by atoms with E-state index in [1.165, 1.54) is 6.08 Å². The SMILES string of the molecule is C=CC(=O)Nc1ccnc2ccc(-c3cnc(N)c(Cl)c3)cc12. The predicted molar refractivity (Wildman–Crippen MR) is 93.2 cm³/mol. The third-order valence-corrected chi connectivity index (χ3v) is 3.69. The van der Waals surface area contributed by atoms with Crippen molar-refractivity contribution in [3.05, 3.63) is 60.4 Å². The lowest BCUT2D eigenvalue weighted by Crippen LogP contribution is -2.07. The van der Waals surface area contributed by atoms with Crippen LogP contribution in [-0.4, -0.2) is 15.9 Å². The molecule has 0 unspecified atom stereocenters. The van der Waals surface area contributed by atoms with Crippen molar-refractivity contribution in [2.45, 2.75) is 0 Å². The van der Waals surface area contributed by atoms with Gasteiger partial charge >= 0.3 is 0 Å². The third kappa shape index (κ3) is 3.00. The number of carbonyl (C=O) groups excluding carboxylic acids is 1. The van der Waals surface area contributed by atoms with Crippen LogP contribution in [-0.2, 0) is 4.79 Å². The molecule has 0 bridgehead atoms. The van der Waals surface area contributed by atoms with Gasteiger partial charge in [-0.2, -0.15) is 0 Å². The first-order valence-electron chi connectivity index (χ1n) is 6.82. The molecule has 0 fully saturated rings. The maximum Gasteiger partial charge on any atom is 0.247 e. The highest BCUT2D eigenvalue weighted by Crippen LogP contribution is 2.30. The molecule has 0 atom stereocenters. The Bertz CT molecular complexity index is 924. The highest BCUT2D eigenvalue weighted by molar-refractivity contribution is 6.33. The maximum atomic E-state index is 11.6. The Morgan fingerprint density at radius 1 is 1.22 bits per heavy atom. The molecule has 0 aliphatic heterocycles.